The van der Waals surface area contributed by atoms with Crippen molar-refractivity contribution in [2.75, 3.05) is 5.32 Å². The highest BCUT2D eigenvalue weighted by Crippen LogP contribution is 2.30. The van der Waals surface area contributed by atoms with E-state index in [2.05, 4.69) is 46.1 Å². The van der Waals surface area contributed by atoms with E-state index in [9.17, 15) is 0 Å². The summed E-state index contributed by atoms with van der Waals surface area (Å²) < 4.78 is 0.913. The molecule has 1 fully saturated rings. The molecule has 0 spiro atoms. The molecule has 1 aromatic heterocycles. The van der Waals surface area contributed by atoms with E-state index < -0.39 is 0 Å². The number of anilines is 1. The van der Waals surface area contributed by atoms with Crippen LogP contribution in [0.2, 0.25) is 0 Å². The summed E-state index contributed by atoms with van der Waals surface area (Å²) in [6.07, 6.45) is 6.71. The Morgan fingerprint density at radius 2 is 2.12 bits per heavy atom. The quantitative estimate of drug-likeness (QED) is 0.829. The molecule has 1 saturated carbocycles. The van der Waals surface area contributed by atoms with Gasteiger partial charge in [0.1, 0.15) is 4.60 Å². The standard InChI is InChI=1S/C14H21BrN2/c1-3-11-6-4-5-7-13(11)17-12-8-9-14(15)16-10(12)2/h8-9,11,13,17H,3-7H2,1-2H3. The maximum Gasteiger partial charge on any atom is 0.106 e. The summed E-state index contributed by atoms with van der Waals surface area (Å²) in [7, 11) is 0. The molecule has 1 aliphatic carbocycles. The van der Waals surface area contributed by atoms with Gasteiger partial charge in [-0.1, -0.05) is 26.2 Å². The molecule has 0 saturated heterocycles. The van der Waals surface area contributed by atoms with E-state index in [-0.39, 0.29) is 0 Å². The number of nitrogens with one attached hydrogen (secondary N) is 1. The lowest BCUT2D eigenvalue weighted by atomic mass is 9.83. The van der Waals surface area contributed by atoms with Crippen LogP contribution in [-0.4, -0.2) is 11.0 Å². The van der Waals surface area contributed by atoms with Crippen molar-refractivity contribution in [3.63, 3.8) is 0 Å². The van der Waals surface area contributed by atoms with E-state index in [1.54, 1.807) is 0 Å². The maximum absolute atomic E-state index is 4.44. The fraction of sp³-hybridized carbons (Fsp3) is 0.643. The first-order chi connectivity index (χ1) is 8.20. The summed E-state index contributed by atoms with van der Waals surface area (Å²) in [6.45, 7) is 4.37. The van der Waals surface area contributed by atoms with Crippen LogP contribution in [-0.2, 0) is 0 Å². The molecule has 0 bridgehead atoms. The summed E-state index contributed by atoms with van der Waals surface area (Å²) in [5.74, 6) is 0.826. The first-order valence-corrected chi connectivity index (χ1v) is 7.39. The van der Waals surface area contributed by atoms with Gasteiger partial charge < -0.3 is 5.32 Å². The highest BCUT2D eigenvalue weighted by Gasteiger charge is 2.23. The first-order valence-electron chi connectivity index (χ1n) is 6.60. The van der Waals surface area contributed by atoms with Gasteiger partial charge in [0.05, 0.1) is 11.4 Å². The second-order valence-corrected chi connectivity index (χ2v) is 5.78. The van der Waals surface area contributed by atoms with Gasteiger partial charge in [-0.2, -0.15) is 0 Å². The summed E-state index contributed by atoms with van der Waals surface area (Å²) in [4.78, 5) is 4.44. The molecule has 2 rings (SSSR count). The third kappa shape index (κ3) is 3.21. The van der Waals surface area contributed by atoms with E-state index in [0.717, 1.165) is 16.2 Å². The van der Waals surface area contributed by atoms with Gasteiger partial charge in [0, 0.05) is 6.04 Å². The molecular formula is C14H21BrN2. The molecule has 1 aromatic rings. The molecule has 3 heteroatoms. The molecule has 2 unspecified atom stereocenters. The van der Waals surface area contributed by atoms with Gasteiger partial charge in [-0.25, -0.2) is 4.98 Å². The second-order valence-electron chi connectivity index (χ2n) is 4.97. The van der Waals surface area contributed by atoms with Crippen molar-refractivity contribution in [1.29, 1.82) is 0 Å². The number of nitrogens with zero attached hydrogens (tertiary/aromatic N) is 1. The Labute approximate surface area is 112 Å². The molecule has 1 heterocycles. The molecular weight excluding hydrogens is 276 g/mol. The fourth-order valence-corrected chi connectivity index (χ4v) is 3.17. The van der Waals surface area contributed by atoms with Crippen LogP contribution < -0.4 is 5.32 Å². The molecule has 0 amide bonds. The molecule has 0 aromatic carbocycles. The van der Waals surface area contributed by atoms with Crippen molar-refractivity contribution in [2.45, 2.75) is 52.0 Å². The van der Waals surface area contributed by atoms with Gasteiger partial charge in [0.2, 0.25) is 0 Å². The number of pyridine rings is 1. The Balaban J connectivity index is 2.08. The summed E-state index contributed by atoms with van der Waals surface area (Å²) >= 11 is 3.41. The maximum atomic E-state index is 4.44. The molecule has 1 N–H and O–H groups in total. The van der Waals surface area contributed by atoms with E-state index in [1.807, 2.05) is 6.07 Å². The van der Waals surface area contributed by atoms with Gasteiger partial charge >= 0.3 is 0 Å². The van der Waals surface area contributed by atoms with Gasteiger partial charge in [0.25, 0.3) is 0 Å². The number of aromatic nitrogens is 1. The molecule has 2 nitrogen and oxygen atoms in total. The van der Waals surface area contributed by atoms with Crippen molar-refractivity contribution >= 4 is 21.6 Å². The summed E-state index contributed by atoms with van der Waals surface area (Å²) in [5.41, 5.74) is 2.28. The zero-order valence-electron chi connectivity index (χ0n) is 10.7. The SMILES string of the molecule is CCC1CCCCC1Nc1ccc(Br)nc1C. The molecule has 2 atom stereocenters. The number of halogens is 1. The molecule has 17 heavy (non-hydrogen) atoms. The van der Waals surface area contributed by atoms with Crippen LogP contribution in [0, 0.1) is 12.8 Å². The van der Waals surface area contributed by atoms with Crippen molar-refractivity contribution in [3.8, 4) is 0 Å². The van der Waals surface area contributed by atoms with Crippen molar-refractivity contribution in [3.05, 3.63) is 22.4 Å². The highest BCUT2D eigenvalue weighted by molar-refractivity contribution is 9.10. The number of rotatable bonds is 3. The minimum Gasteiger partial charge on any atom is -0.381 e. The van der Waals surface area contributed by atoms with E-state index in [0.29, 0.717) is 6.04 Å². The van der Waals surface area contributed by atoms with Crippen molar-refractivity contribution in [2.24, 2.45) is 5.92 Å². The minimum absolute atomic E-state index is 0.635. The third-order valence-corrected chi connectivity index (χ3v) is 4.27. The smallest absolute Gasteiger partial charge is 0.106 e. The number of hydrogen-bond donors (Lipinski definition) is 1. The van der Waals surface area contributed by atoms with Gasteiger partial charge in [-0.3, -0.25) is 0 Å². The van der Waals surface area contributed by atoms with Gasteiger partial charge in [-0.15, -0.1) is 0 Å². The Bertz CT molecular complexity index is 378. The van der Waals surface area contributed by atoms with Crippen LogP contribution in [0.5, 0.6) is 0 Å². The lowest BCUT2D eigenvalue weighted by Crippen LogP contribution is -2.32. The Kier molecular flexibility index (Phi) is 4.43. The van der Waals surface area contributed by atoms with Crippen LogP contribution in [0.1, 0.15) is 44.7 Å². The van der Waals surface area contributed by atoms with Crippen molar-refractivity contribution in [1.82, 2.24) is 4.98 Å². The Morgan fingerprint density at radius 3 is 2.82 bits per heavy atom. The number of aryl methyl sites for hydroxylation is 1. The van der Waals surface area contributed by atoms with Crippen LogP contribution in [0.25, 0.3) is 0 Å². The lowest BCUT2D eigenvalue weighted by molar-refractivity contribution is 0.317. The topological polar surface area (TPSA) is 24.9 Å². The highest BCUT2D eigenvalue weighted by atomic mass is 79.9. The Hall–Kier alpha value is -0.570. The summed E-state index contributed by atoms with van der Waals surface area (Å²) in [6, 6.07) is 4.78. The average molecular weight is 297 g/mol. The fourth-order valence-electron chi connectivity index (χ4n) is 2.77. The van der Waals surface area contributed by atoms with Crippen LogP contribution in [0.3, 0.4) is 0 Å². The average Bonchev–Trinajstić information content (AvgIpc) is 2.33. The predicted molar refractivity (Wildman–Crippen MR) is 76.3 cm³/mol. The van der Waals surface area contributed by atoms with E-state index >= 15 is 0 Å². The monoisotopic (exact) mass is 296 g/mol. The number of hydrogen-bond acceptors (Lipinski definition) is 2. The predicted octanol–water partition coefficient (Wildman–Crippen LogP) is 4.53. The molecule has 1 aliphatic rings. The van der Waals surface area contributed by atoms with Gasteiger partial charge in [0.15, 0.2) is 0 Å². The lowest BCUT2D eigenvalue weighted by Gasteiger charge is -2.32. The van der Waals surface area contributed by atoms with Crippen LogP contribution >= 0.6 is 15.9 Å². The molecule has 0 aliphatic heterocycles. The van der Waals surface area contributed by atoms with Gasteiger partial charge in [-0.05, 0) is 53.7 Å². The zero-order valence-corrected chi connectivity index (χ0v) is 12.3. The first kappa shape index (κ1) is 12.9. The Morgan fingerprint density at radius 1 is 1.35 bits per heavy atom. The minimum atomic E-state index is 0.635. The van der Waals surface area contributed by atoms with Crippen molar-refractivity contribution < 1.29 is 0 Å². The van der Waals surface area contributed by atoms with Crippen LogP contribution in [0.4, 0.5) is 5.69 Å². The third-order valence-electron chi connectivity index (χ3n) is 3.83. The van der Waals surface area contributed by atoms with E-state index in [1.165, 1.54) is 37.8 Å². The van der Waals surface area contributed by atoms with Crippen LogP contribution in [0.15, 0.2) is 16.7 Å². The second kappa shape index (κ2) is 5.85. The molecule has 0 radical (unpaired) electrons. The zero-order chi connectivity index (χ0) is 12.3. The normalized spacial score (nSPS) is 24.6. The molecule has 94 valence electrons. The van der Waals surface area contributed by atoms with E-state index in [4.69, 9.17) is 0 Å². The summed E-state index contributed by atoms with van der Waals surface area (Å²) in [5, 5.41) is 3.69. The largest absolute Gasteiger partial charge is 0.381 e.